The zero-order valence-corrected chi connectivity index (χ0v) is 12.2. The van der Waals surface area contributed by atoms with Crippen LogP contribution in [0.3, 0.4) is 0 Å². The van der Waals surface area contributed by atoms with E-state index in [9.17, 15) is 9.50 Å². The van der Waals surface area contributed by atoms with Crippen molar-refractivity contribution < 1.29 is 9.50 Å². The minimum absolute atomic E-state index is 0.0748. The Balaban J connectivity index is 2.95. The van der Waals surface area contributed by atoms with Crippen molar-refractivity contribution in [1.29, 1.82) is 5.41 Å². The quantitative estimate of drug-likeness (QED) is 0.504. The number of amidine groups is 1. The lowest BCUT2D eigenvalue weighted by Gasteiger charge is -2.30. The number of nitrogens with one attached hydrogen (secondary N) is 1. The summed E-state index contributed by atoms with van der Waals surface area (Å²) < 4.78 is 13.6. The zero-order valence-electron chi connectivity index (χ0n) is 12.2. The molecule has 20 heavy (non-hydrogen) atoms. The van der Waals surface area contributed by atoms with Crippen LogP contribution >= 0.6 is 0 Å². The van der Waals surface area contributed by atoms with Crippen LogP contribution in [0.2, 0.25) is 0 Å². The van der Waals surface area contributed by atoms with E-state index in [1.54, 1.807) is 6.07 Å². The maximum atomic E-state index is 13.6. The van der Waals surface area contributed by atoms with Gasteiger partial charge in [0.05, 0.1) is 6.61 Å². The molecule has 0 amide bonds. The summed E-state index contributed by atoms with van der Waals surface area (Å²) >= 11 is 0. The van der Waals surface area contributed by atoms with Gasteiger partial charge in [-0.05, 0) is 36.6 Å². The van der Waals surface area contributed by atoms with E-state index < -0.39 is 0 Å². The van der Waals surface area contributed by atoms with Crippen molar-refractivity contribution >= 4 is 5.84 Å². The van der Waals surface area contributed by atoms with Crippen LogP contribution in [0, 0.1) is 11.2 Å². The van der Waals surface area contributed by atoms with Crippen LogP contribution < -0.4 is 5.73 Å². The predicted octanol–water partition coefficient (Wildman–Crippen LogP) is 2.09. The molecule has 1 rings (SSSR count). The monoisotopic (exact) mass is 281 g/mol. The predicted molar refractivity (Wildman–Crippen MR) is 79.3 cm³/mol. The molecular formula is C15H24FN3O. The molecule has 0 aliphatic rings. The average molecular weight is 281 g/mol. The Kier molecular flexibility index (Phi) is 6.61. The molecule has 0 aliphatic carbocycles. The molecule has 0 saturated carbocycles. The molecule has 0 radical (unpaired) electrons. The largest absolute Gasteiger partial charge is 0.395 e. The van der Waals surface area contributed by atoms with Gasteiger partial charge in [-0.15, -0.1) is 0 Å². The number of hydrogen-bond acceptors (Lipinski definition) is 3. The van der Waals surface area contributed by atoms with E-state index in [2.05, 4.69) is 18.7 Å². The number of aliphatic hydroxyl groups excluding tert-OH is 1. The first kappa shape index (κ1) is 16.6. The summed E-state index contributed by atoms with van der Waals surface area (Å²) in [5.74, 6) is -0.525. The Morgan fingerprint density at radius 1 is 1.35 bits per heavy atom. The number of nitrogens with zero attached hydrogens (tertiary/aromatic N) is 1. The third-order valence-electron chi connectivity index (χ3n) is 3.50. The fourth-order valence-corrected chi connectivity index (χ4v) is 2.46. The van der Waals surface area contributed by atoms with Crippen molar-refractivity contribution in [3.05, 3.63) is 35.1 Å². The van der Waals surface area contributed by atoms with E-state index in [0.29, 0.717) is 24.7 Å². The maximum Gasteiger partial charge on any atom is 0.124 e. The minimum atomic E-state index is -0.388. The van der Waals surface area contributed by atoms with Crippen LogP contribution in [-0.4, -0.2) is 35.0 Å². The van der Waals surface area contributed by atoms with E-state index >= 15 is 0 Å². The van der Waals surface area contributed by atoms with Gasteiger partial charge in [0.15, 0.2) is 0 Å². The van der Waals surface area contributed by atoms with Gasteiger partial charge in [-0.3, -0.25) is 10.3 Å². The summed E-state index contributed by atoms with van der Waals surface area (Å²) in [6.45, 7) is 5.38. The molecule has 5 heteroatoms. The number of halogens is 1. The molecule has 0 spiro atoms. The highest BCUT2D eigenvalue weighted by atomic mass is 19.1. The van der Waals surface area contributed by atoms with Crippen molar-refractivity contribution in [2.45, 2.75) is 39.3 Å². The summed E-state index contributed by atoms with van der Waals surface area (Å²) in [4.78, 5) is 2.14. The second-order valence-electron chi connectivity index (χ2n) is 4.93. The Labute approximate surface area is 119 Å². The number of aliphatic hydroxyl groups is 1. The lowest BCUT2D eigenvalue weighted by molar-refractivity contribution is 0.136. The van der Waals surface area contributed by atoms with Gasteiger partial charge in [0, 0.05) is 24.7 Å². The fourth-order valence-electron chi connectivity index (χ4n) is 2.46. The normalized spacial score (nSPS) is 11.3. The summed E-state index contributed by atoms with van der Waals surface area (Å²) in [6.07, 6.45) is 1.96. The van der Waals surface area contributed by atoms with E-state index in [1.165, 1.54) is 12.1 Å². The van der Waals surface area contributed by atoms with Gasteiger partial charge in [-0.1, -0.05) is 13.8 Å². The SMILES string of the molecule is CCC(CC)N(CCO)Cc1cc(F)cc(C(=N)N)c1. The Morgan fingerprint density at radius 2 is 2.00 bits per heavy atom. The van der Waals surface area contributed by atoms with Crippen LogP contribution in [0.5, 0.6) is 0 Å². The number of nitrogens with two attached hydrogens (primary N) is 1. The third-order valence-corrected chi connectivity index (χ3v) is 3.50. The van der Waals surface area contributed by atoms with E-state index in [4.69, 9.17) is 11.1 Å². The number of benzene rings is 1. The van der Waals surface area contributed by atoms with Gasteiger partial charge in [0.1, 0.15) is 11.7 Å². The second-order valence-corrected chi connectivity index (χ2v) is 4.93. The van der Waals surface area contributed by atoms with Crippen LogP contribution in [0.15, 0.2) is 18.2 Å². The van der Waals surface area contributed by atoms with Gasteiger partial charge in [0.2, 0.25) is 0 Å². The molecule has 1 aromatic carbocycles. The second kappa shape index (κ2) is 7.97. The van der Waals surface area contributed by atoms with Crippen LogP contribution in [0.4, 0.5) is 4.39 Å². The first-order chi connectivity index (χ1) is 9.51. The Morgan fingerprint density at radius 3 is 2.50 bits per heavy atom. The molecule has 0 heterocycles. The van der Waals surface area contributed by atoms with Crippen molar-refractivity contribution in [1.82, 2.24) is 4.90 Å². The van der Waals surface area contributed by atoms with Gasteiger partial charge >= 0.3 is 0 Å². The molecule has 0 aliphatic heterocycles. The van der Waals surface area contributed by atoms with Crippen LogP contribution in [-0.2, 0) is 6.54 Å². The fraction of sp³-hybridized carbons (Fsp3) is 0.533. The topological polar surface area (TPSA) is 73.3 Å². The molecule has 0 bridgehead atoms. The lowest BCUT2D eigenvalue weighted by Crippen LogP contribution is -2.36. The molecule has 0 aromatic heterocycles. The van der Waals surface area contributed by atoms with Crippen molar-refractivity contribution in [3.8, 4) is 0 Å². The number of hydrogen-bond donors (Lipinski definition) is 3. The van der Waals surface area contributed by atoms with Crippen molar-refractivity contribution in [2.24, 2.45) is 5.73 Å². The number of rotatable bonds is 8. The highest BCUT2D eigenvalue weighted by Gasteiger charge is 2.15. The minimum Gasteiger partial charge on any atom is -0.395 e. The number of nitrogen functional groups attached to an aromatic ring is 1. The van der Waals surface area contributed by atoms with Gasteiger partial charge < -0.3 is 10.8 Å². The highest BCUT2D eigenvalue weighted by Crippen LogP contribution is 2.16. The van der Waals surface area contributed by atoms with Crippen LogP contribution in [0.25, 0.3) is 0 Å². The lowest BCUT2D eigenvalue weighted by atomic mass is 10.1. The molecule has 0 fully saturated rings. The first-order valence-electron chi connectivity index (χ1n) is 7.00. The van der Waals surface area contributed by atoms with Gasteiger partial charge in [-0.2, -0.15) is 0 Å². The van der Waals surface area contributed by atoms with Crippen molar-refractivity contribution in [2.75, 3.05) is 13.2 Å². The van der Waals surface area contributed by atoms with Gasteiger partial charge in [0.25, 0.3) is 0 Å². The molecule has 4 N–H and O–H groups in total. The zero-order chi connectivity index (χ0) is 15.1. The maximum absolute atomic E-state index is 13.6. The van der Waals surface area contributed by atoms with E-state index in [1.807, 2.05) is 0 Å². The smallest absolute Gasteiger partial charge is 0.124 e. The van der Waals surface area contributed by atoms with Crippen molar-refractivity contribution in [3.63, 3.8) is 0 Å². The molecule has 112 valence electrons. The van der Waals surface area contributed by atoms with Gasteiger partial charge in [-0.25, -0.2) is 4.39 Å². The highest BCUT2D eigenvalue weighted by molar-refractivity contribution is 5.95. The van der Waals surface area contributed by atoms with E-state index in [-0.39, 0.29) is 18.3 Å². The molecular weight excluding hydrogens is 257 g/mol. The Hall–Kier alpha value is -1.46. The first-order valence-corrected chi connectivity index (χ1v) is 7.00. The average Bonchev–Trinajstić information content (AvgIpc) is 2.39. The molecule has 0 atom stereocenters. The third kappa shape index (κ3) is 4.58. The standard InChI is InChI=1S/C15H24FN3O/c1-3-14(4-2)19(5-6-20)10-11-7-12(15(17)18)9-13(16)8-11/h7-9,14,20H,3-6,10H2,1-2H3,(H3,17,18). The molecule has 0 unspecified atom stereocenters. The van der Waals surface area contributed by atoms with Crippen LogP contribution in [0.1, 0.15) is 37.8 Å². The molecule has 1 aromatic rings. The summed E-state index contributed by atoms with van der Waals surface area (Å²) in [6, 6.07) is 4.81. The molecule has 4 nitrogen and oxygen atoms in total. The summed E-state index contributed by atoms with van der Waals surface area (Å²) in [5, 5.41) is 16.6. The Bertz CT molecular complexity index is 447. The molecule has 0 saturated heterocycles. The van der Waals surface area contributed by atoms with E-state index in [0.717, 1.165) is 18.4 Å². The summed E-state index contributed by atoms with van der Waals surface area (Å²) in [5.41, 5.74) is 6.59. The summed E-state index contributed by atoms with van der Waals surface area (Å²) in [7, 11) is 0.